The highest BCUT2D eigenvalue weighted by Gasteiger charge is 2.02. The number of benzene rings is 2. The van der Waals surface area contributed by atoms with Crippen molar-refractivity contribution in [3.05, 3.63) is 54.1 Å². The fourth-order valence-electron chi connectivity index (χ4n) is 1.96. The number of anilines is 1. The summed E-state index contributed by atoms with van der Waals surface area (Å²) in [7, 11) is 1.61. The molecule has 0 aliphatic rings. The van der Waals surface area contributed by atoms with Crippen LogP contribution in [0.25, 0.3) is 0 Å². The van der Waals surface area contributed by atoms with Crippen molar-refractivity contribution in [3.8, 4) is 11.5 Å². The Balaban J connectivity index is 1.83. The van der Waals surface area contributed by atoms with Gasteiger partial charge < -0.3 is 20.5 Å². The molecule has 0 aliphatic heterocycles. The van der Waals surface area contributed by atoms with E-state index in [1.54, 1.807) is 7.11 Å². The minimum atomic E-state index is 0.331. The van der Waals surface area contributed by atoms with Crippen molar-refractivity contribution >= 4 is 11.6 Å². The molecule has 2 rings (SSSR count). The summed E-state index contributed by atoms with van der Waals surface area (Å²) >= 11 is 0. The Kier molecular flexibility index (Phi) is 5.65. The van der Waals surface area contributed by atoms with Crippen molar-refractivity contribution in [2.45, 2.75) is 6.92 Å². The molecule has 0 aliphatic carbocycles. The summed E-state index contributed by atoms with van der Waals surface area (Å²) in [5.74, 6) is 1.89. The molecule has 2 aromatic carbocycles. The Bertz CT molecular complexity index is 641. The molecule has 0 atom stereocenters. The zero-order valence-electron chi connectivity index (χ0n) is 12.9. The second-order valence-corrected chi connectivity index (χ2v) is 4.76. The second kappa shape index (κ2) is 7.93. The molecule has 0 saturated carbocycles. The molecule has 0 bridgehead atoms. The summed E-state index contributed by atoms with van der Waals surface area (Å²) in [5, 5.41) is 3.02. The highest BCUT2D eigenvalue weighted by molar-refractivity contribution is 5.93. The van der Waals surface area contributed by atoms with Crippen LogP contribution < -0.4 is 20.5 Å². The van der Waals surface area contributed by atoms with Gasteiger partial charge in [0.1, 0.15) is 18.1 Å². The van der Waals surface area contributed by atoms with Gasteiger partial charge in [-0.05, 0) is 36.8 Å². The number of aryl methyl sites for hydroxylation is 1. The average molecular weight is 299 g/mol. The molecule has 0 saturated heterocycles. The van der Waals surface area contributed by atoms with E-state index in [2.05, 4.69) is 10.3 Å². The van der Waals surface area contributed by atoms with Gasteiger partial charge in [0.15, 0.2) is 5.96 Å². The van der Waals surface area contributed by atoms with E-state index in [4.69, 9.17) is 15.2 Å². The van der Waals surface area contributed by atoms with Crippen LogP contribution in [0.3, 0.4) is 0 Å². The van der Waals surface area contributed by atoms with E-state index in [9.17, 15) is 0 Å². The molecule has 0 spiro atoms. The van der Waals surface area contributed by atoms with Crippen LogP contribution in [0.2, 0.25) is 0 Å². The molecule has 5 heteroatoms. The van der Waals surface area contributed by atoms with E-state index in [-0.39, 0.29) is 0 Å². The maximum Gasteiger partial charge on any atom is 0.193 e. The van der Waals surface area contributed by atoms with Crippen molar-refractivity contribution < 1.29 is 9.47 Å². The third-order valence-corrected chi connectivity index (χ3v) is 3.00. The van der Waals surface area contributed by atoms with Crippen molar-refractivity contribution in [2.75, 3.05) is 25.6 Å². The zero-order valence-corrected chi connectivity index (χ0v) is 12.9. The van der Waals surface area contributed by atoms with Crippen molar-refractivity contribution in [2.24, 2.45) is 10.7 Å². The molecule has 0 radical (unpaired) electrons. The minimum Gasteiger partial charge on any atom is -0.495 e. The van der Waals surface area contributed by atoms with Crippen LogP contribution in [0.5, 0.6) is 11.5 Å². The van der Waals surface area contributed by atoms with Crippen molar-refractivity contribution in [1.82, 2.24) is 0 Å². The number of hydrogen-bond acceptors (Lipinski definition) is 3. The number of rotatable bonds is 6. The first-order valence-electron chi connectivity index (χ1n) is 7.08. The van der Waals surface area contributed by atoms with Gasteiger partial charge in [-0.15, -0.1) is 0 Å². The summed E-state index contributed by atoms with van der Waals surface area (Å²) < 4.78 is 10.9. The number of aliphatic imine (C=N–C) groups is 1. The lowest BCUT2D eigenvalue weighted by Crippen LogP contribution is -2.23. The summed E-state index contributed by atoms with van der Waals surface area (Å²) in [6.07, 6.45) is 0. The first-order valence-corrected chi connectivity index (χ1v) is 7.08. The normalized spacial score (nSPS) is 11.1. The molecule has 0 fully saturated rings. The van der Waals surface area contributed by atoms with Crippen molar-refractivity contribution in [3.63, 3.8) is 0 Å². The van der Waals surface area contributed by atoms with Gasteiger partial charge in [-0.1, -0.05) is 24.3 Å². The summed E-state index contributed by atoms with van der Waals surface area (Å²) in [6.45, 7) is 2.97. The topological polar surface area (TPSA) is 68.9 Å². The molecule has 0 amide bonds. The number of nitrogens with zero attached hydrogens (tertiary/aromatic N) is 1. The molecular formula is C17H21N3O2. The molecule has 0 unspecified atom stereocenters. The standard InChI is InChI=1S/C17H21N3O2/c1-13-6-5-7-14(12-13)22-11-10-19-17(18)20-15-8-3-4-9-16(15)21-2/h3-9,12H,10-11H2,1-2H3,(H3,18,19,20). The Morgan fingerprint density at radius 1 is 1.18 bits per heavy atom. The smallest absolute Gasteiger partial charge is 0.193 e. The number of methoxy groups -OCH3 is 1. The summed E-state index contributed by atoms with van der Waals surface area (Å²) in [5.41, 5.74) is 7.81. The molecule has 22 heavy (non-hydrogen) atoms. The maximum absolute atomic E-state index is 5.86. The first-order chi connectivity index (χ1) is 10.7. The van der Waals surface area contributed by atoms with E-state index in [0.29, 0.717) is 19.1 Å². The molecule has 3 N–H and O–H groups in total. The van der Waals surface area contributed by atoms with Crippen LogP contribution in [0.1, 0.15) is 5.56 Å². The van der Waals surface area contributed by atoms with Crippen LogP contribution in [0, 0.1) is 6.92 Å². The first kappa shape index (κ1) is 15.7. The Labute approximate surface area is 130 Å². The fourth-order valence-corrected chi connectivity index (χ4v) is 1.96. The van der Waals surface area contributed by atoms with Crippen LogP contribution in [0.4, 0.5) is 5.69 Å². The highest BCUT2D eigenvalue weighted by Crippen LogP contribution is 2.22. The Morgan fingerprint density at radius 3 is 2.77 bits per heavy atom. The van der Waals surface area contributed by atoms with Gasteiger partial charge in [-0.3, -0.25) is 0 Å². The summed E-state index contributed by atoms with van der Waals surface area (Å²) in [4.78, 5) is 4.24. The second-order valence-electron chi connectivity index (χ2n) is 4.76. The van der Waals surface area contributed by atoms with Gasteiger partial charge in [-0.25, -0.2) is 4.99 Å². The van der Waals surface area contributed by atoms with E-state index >= 15 is 0 Å². The average Bonchev–Trinajstić information content (AvgIpc) is 2.52. The molecule has 0 aromatic heterocycles. The van der Waals surface area contributed by atoms with E-state index in [1.807, 2.05) is 55.5 Å². The third kappa shape index (κ3) is 4.70. The van der Waals surface area contributed by atoms with Gasteiger partial charge in [0, 0.05) is 0 Å². The number of hydrogen-bond donors (Lipinski definition) is 2. The number of nitrogens with two attached hydrogens (primary N) is 1. The van der Waals surface area contributed by atoms with Gasteiger partial charge >= 0.3 is 0 Å². The molecule has 5 nitrogen and oxygen atoms in total. The predicted molar refractivity (Wildman–Crippen MR) is 89.8 cm³/mol. The Hall–Kier alpha value is -2.69. The SMILES string of the molecule is COc1ccccc1NC(N)=NCCOc1cccc(C)c1. The quantitative estimate of drug-likeness (QED) is 0.489. The monoisotopic (exact) mass is 299 g/mol. The number of para-hydroxylation sites is 2. The highest BCUT2D eigenvalue weighted by atomic mass is 16.5. The lowest BCUT2D eigenvalue weighted by Gasteiger charge is -2.10. The van der Waals surface area contributed by atoms with Crippen molar-refractivity contribution in [1.29, 1.82) is 0 Å². The Morgan fingerprint density at radius 2 is 2.00 bits per heavy atom. The van der Waals surface area contributed by atoms with Gasteiger partial charge in [0.25, 0.3) is 0 Å². The van der Waals surface area contributed by atoms with Gasteiger partial charge in [-0.2, -0.15) is 0 Å². The zero-order chi connectivity index (χ0) is 15.8. The number of ether oxygens (including phenoxy) is 2. The predicted octanol–water partition coefficient (Wildman–Crippen LogP) is 2.81. The van der Waals surface area contributed by atoms with Crippen LogP contribution in [-0.2, 0) is 0 Å². The summed E-state index contributed by atoms with van der Waals surface area (Å²) in [6, 6.07) is 15.4. The minimum absolute atomic E-state index is 0.331. The largest absolute Gasteiger partial charge is 0.495 e. The third-order valence-electron chi connectivity index (χ3n) is 3.00. The van der Waals surface area contributed by atoms with E-state index in [1.165, 1.54) is 5.56 Å². The lowest BCUT2D eigenvalue weighted by atomic mass is 10.2. The van der Waals surface area contributed by atoms with Crippen LogP contribution in [0.15, 0.2) is 53.5 Å². The van der Waals surface area contributed by atoms with Gasteiger partial charge in [0.05, 0.1) is 19.3 Å². The lowest BCUT2D eigenvalue weighted by molar-refractivity contribution is 0.328. The maximum atomic E-state index is 5.86. The van der Waals surface area contributed by atoms with E-state index in [0.717, 1.165) is 17.2 Å². The van der Waals surface area contributed by atoms with Crippen LogP contribution >= 0.6 is 0 Å². The number of guanidine groups is 1. The van der Waals surface area contributed by atoms with Crippen LogP contribution in [-0.4, -0.2) is 26.2 Å². The fraction of sp³-hybridized carbons (Fsp3) is 0.235. The number of nitrogens with one attached hydrogen (secondary N) is 1. The molecular weight excluding hydrogens is 278 g/mol. The molecule has 2 aromatic rings. The molecule has 116 valence electrons. The van der Waals surface area contributed by atoms with E-state index < -0.39 is 0 Å². The van der Waals surface area contributed by atoms with Gasteiger partial charge in [0.2, 0.25) is 0 Å². The molecule has 0 heterocycles.